The van der Waals surface area contributed by atoms with Gasteiger partial charge in [-0.15, -0.1) is 0 Å². The third-order valence-electron chi connectivity index (χ3n) is 7.00. The van der Waals surface area contributed by atoms with Crippen LogP contribution in [0.4, 0.5) is 5.69 Å². The highest BCUT2D eigenvalue weighted by Gasteiger charge is 2.22. The Labute approximate surface area is 322 Å². The summed E-state index contributed by atoms with van der Waals surface area (Å²) < 4.78 is 70.8. The lowest BCUT2D eigenvalue weighted by Gasteiger charge is -2.13. The van der Waals surface area contributed by atoms with Gasteiger partial charge in [-0.1, -0.05) is 0 Å². The van der Waals surface area contributed by atoms with Crippen molar-refractivity contribution in [2.75, 3.05) is 172 Å². The van der Waals surface area contributed by atoms with Gasteiger partial charge in [-0.2, -0.15) is 0 Å². The molecule has 0 radical (unpaired) electrons. The number of ether oxygens (including phenoxy) is 13. The normalized spacial score (nSPS) is 12.7. The smallest absolute Gasteiger partial charge is 0.269 e. The number of amides is 2. The van der Waals surface area contributed by atoms with Gasteiger partial charge in [0, 0.05) is 24.3 Å². The number of rotatable bonds is 41. The maximum absolute atomic E-state index is 11.4. The topological polar surface area (TPSA) is 201 Å². The lowest BCUT2D eigenvalue weighted by atomic mass is 10.3. The molecule has 1 heterocycles. The monoisotopic (exact) mass is 790 g/mol. The first-order chi connectivity index (χ1) is 27.1. The highest BCUT2D eigenvalue weighted by Crippen LogP contribution is 2.17. The van der Waals surface area contributed by atoms with Gasteiger partial charge in [0.1, 0.15) is 12.4 Å². The minimum atomic E-state index is -0.456. The number of imide groups is 1. The van der Waals surface area contributed by atoms with Crippen LogP contribution in [-0.2, 0) is 66.4 Å². The van der Waals surface area contributed by atoms with E-state index in [1.54, 1.807) is 12.1 Å². The molecule has 0 aliphatic carbocycles. The van der Waals surface area contributed by atoms with E-state index < -0.39 is 4.92 Å². The molecule has 314 valence electrons. The van der Waals surface area contributed by atoms with Crippen LogP contribution in [0.5, 0.6) is 5.75 Å². The zero-order valence-corrected chi connectivity index (χ0v) is 31.7. The molecular weight excluding hydrogens is 732 g/mol. The van der Waals surface area contributed by atoms with E-state index in [0.717, 1.165) is 4.90 Å². The number of nitro groups is 1. The molecule has 1 aromatic rings. The van der Waals surface area contributed by atoms with Gasteiger partial charge in [0.25, 0.3) is 17.5 Å². The highest BCUT2D eigenvalue weighted by atomic mass is 16.6. The molecule has 0 aromatic heterocycles. The Morgan fingerprint density at radius 1 is 0.400 bits per heavy atom. The van der Waals surface area contributed by atoms with E-state index in [2.05, 4.69) is 0 Å². The van der Waals surface area contributed by atoms with E-state index in [1.807, 2.05) is 0 Å². The molecule has 0 saturated carbocycles. The number of carbonyl (C=O) groups excluding carboxylic acids is 2. The number of nitrogens with zero attached hydrogens (tertiary/aromatic N) is 2. The van der Waals surface area contributed by atoms with Crippen molar-refractivity contribution in [1.29, 1.82) is 0 Å². The number of hydrogen-bond acceptors (Lipinski definition) is 17. The molecule has 1 aliphatic rings. The van der Waals surface area contributed by atoms with Gasteiger partial charge in [-0.05, 0) is 12.1 Å². The van der Waals surface area contributed by atoms with Crippen LogP contribution >= 0.6 is 0 Å². The summed E-state index contributed by atoms with van der Waals surface area (Å²) in [5, 5.41) is 10.6. The Morgan fingerprint density at radius 2 is 0.655 bits per heavy atom. The van der Waals surface area contributed by atoms with E-state index in [-0.39, 0.29) is 30.7 Å². The van der Waals surface area contributed by atoms with Gasteiger partial charge in [0.2, 0.25) is 0 Å². The Balaban J connectivity index is 1.14. The van der Waals surface area contributed by atoms with Crippen molar-refractivity contribution < 1.29 is 76.1 Å². The predicted octanol–water partition coefficient (Wildman–Crippen LogP) is 1.10. The second kappa shape index (κ2) is 35.2. The van der Waals surface area contributed by atoms with Crippen molar-refractivity contribution >= 4 is 17.5 Å². The number of non-ortho nitro benzene ring substituents is 1. The summed E-state index contributed by atoms with van der Waals surface area (Å²) in [4.78, 5) is 34.1. The Bertz CT molecular complexity index is 1110. The zero-order chi connectivity index (χ0) is 39.3. The first kappa shape index (κ1) is 48.0. The van der Waals surface area contributed by atoms with E-state index in [1.165, 1.54) is 24.3 Å². The quantitative estimate of drug-likeness (QED) is 0.0395. The maximum atomic E-state index is 11.4. The van der Waals surface area contributed by atoms with Crippen LogP contribution in [0, 0.1) is 10.1 Å². The number of hydrogen-bond donors (Lipinski definition) is 0. The molecule has 0 atom stereocenters. The van der Waals surface area contributed by atoms with Crippen LogP contribution < -0.4 is 4.74 Å². The molecule has 19 heteroatoms. The molecule has 1 aliphatic heterocycles. The van der Waals surface area contributed by atoms with Gasteiger partial charge in [-0.3, -0.25) is 24.6 Å². The van der Waals surface area contributed by atoms with Crippen LogP contribution in [0.15, 0.2) is 36.4 Å². The van der Waals surface area contributed by atoms with Crippen LogP contribution in [0.1, 0.15) is 0 Å². The molecule has 0 saturated heterocycles. The molecule has 0 N–H and O–H groups in total. The summed E-state index contributed by atoms with van der Waals surface area (Å²) in [6, 6.07) is 5.89. The molecule has 0 spiro atoms. The van der Waals surface area contributed by atoms with E-state index in [0.29, 0.717) is 164 Å². The number of nitro benzene ring substituents is 1. The largest absolute Gasteiger partial charge is 0.491 e. The van der Waals surface area contributed by atoms with Crippen LogP contribution in [-0.4, -0.2) is 193 Å². The van der Waals surface area contributed by atoms with Crippen LogP contribution in [0.2, 0.25) is 0 Å². The van der Waals surface area contributed by atoms with Crippen molar-refractivity contribution in [3.05, 3.63) is 46.5 Å². The number of carbonyl (C=O) groups is 2. The zero-order valence-electron chi connectivity index (χ0n) is 31.7. The average molecular weight is 791 g/mol. The third kappa shape index (κ3) is 28.0. The Morgan fingerprint density at radius 3 is 0.927 bits per heavy atom. The van der Waals surface area contributed by atoms with Gasteiger partial charge in [0.15, 0.2) is 0 Å². The van der Waals surface area contributed by atoms with Crippen molar-refractivity contribution in [1.82, 2.24) is 4.90 Å². The van der Waals surface area contributed by atoms with Crippen LogP contribution in [0.25, 0.3) is 0 Å². The van der Waals surface area contributed by atoms with Crippen molar-refractivity contribution in [2.45, 2.75) is 0 Å². The van der Waals surface area contributed by atoms with Gasteiger partial charge in [0.05, 0.1) is 170 Å². The predicted molar refractivity (Wildman–Crippen MR) is 194 cm³/mol. The second-order valence-corrected chi connectivity index (χ2v) is 11.1. The molecule has 55 heavy (non-hydrogen) atoms. The number of benzene rings is 1. The van der Waals surface area contributed by atoms with Gasteiger partial charge in [-0.25, -0.2) is 0 Å². The molecule has 2 rings (SSSR count). The molecule has 1 aromatic carbocycles. The molecule has 0 unspecified atom stereocenters. The highest BCUT2D eigenvalue weighted by molar-refractivity contribution is 6.12. The minimum absolute atomic E-state index is 0.0198. The van der Waals surface area contributed by atoms with Gasteiger partial charge < -0.3 is 61.6 Å². The average Bonchev–Trinajstić information content (AvgIpc) is 3.51. The lowest BCUT2D eigenvalue weighted by Crippen LogP contribution is -2.33. The standard InChI is InChI=1S/C36H58N2O17/c39-35-5-6-36(40)37(35)7-8-43-9-10-44-11-12-45-13-14-46-15-16-47-17-18-48-19-20-49-21-22-50-23-24-51-25-26-52-27-28-53-29-30-54-31-32-55-34-3-1-33(2-4-34)38(41)42/h1-6H,7-32H2. The minimum Gasteiger partial charge on any atom is -0.491 e. The first-order valence-corrected chi connectivity index (χ1v) is 18.4. The SMILES string of the molecule is O=C1C=CC(=O)N1CCOCCOCCOCCOCCOCCOCCOCCOCCOCCOCCOCCOCCOc1ccc([N+](=O)[O-])cc1. The van der Waals surface area contributed by atoms with E-state index in [4.69, 9.17) is 61.6 Å². The van der Waals surface area contributed by atoms with E-state index >= 15 is 0 Å². The Kier molecular flexibility index (Phi) is 30.7. The summed E-state index contributed by atoms with van der Waals surface area (Å²) >= 11 is 0. The van der Waals surface area contributed by atoms with Crippen molar-refractivity contribution in [2.24, 2.45) is 0 Å². The second-order valence-electron chi connectivity index (χ2n) is 11.1. The molecule has 0 fully saturated rings. The van der Waals surface area contributed by atoms with Crippen LogP contribution in [0.3, 0.4) is 0 Å². The third-order valence-corrected chi connectivity index (χ3v) is 7.00. The van der Waals surface area contributed by atoms with Crippen molar-refractivity contribution in [3.63, 3.8) is 0 Å². The fourth-order valence-electron chi connectivity index (χ4n) is 4.21. The molecule has 2 amide bonds. The van der Waals surface area contributed by atoms with Crippen molar-refractivity contribution in [3.8, 4) is 5.75 Å². The lowest BCUT2D eigenvalue weighted by molar-refractivity contribution is -0.384. The first-order valence-electron chi connectivity index (χ1n) is 18.4. The summed E-state index contributed by atoms with van der Waals surface area (Å²) in [5.41, 5.74) is 0.0198. The fourth-order valence-corrected chi connectivity index (χ4v) is 4.21. The molecule has 19 nitrogen and oxygen atoms in total. The summed E-state index contributed by atoms with van der Waals surface area (Å²) in [6.45, 7) is 11.2. The van der Waals surface area contributed by atoms with E-state index in [9.17, 15) is 19.7 Å². The maximum Gasteiger partial charge on any atom is 0.269 e. The Hall–Kier alpha value is -3.18. The summed E-state index contributed by atoms with van der Waals surface area (Å²) in [7, 11) is 0. The van der Waals surface area contributed by atoms with Gasteiger partial charge >= 0.3 is 0 Å². The molecule has 0 bridgehead atoms. The summed E-state index contributed by atoms with van der Waals surface area (Å²) in [6.07, 6.45) is 2.50. The molecular formula is C36H58N2O17. The summed E-state index contributed by atoms with van der Waals surface area (Å²) in [5.74, 6) is -0.0762. The fraction of sp³-hybridized carbons (Fsp3) is 0.722.